The first-order chi connectivity index (χ1) is 9.60. The molecule has 0 aliphatic heterocycles. The summed E-state index contributed by atoms with van der Waals surface area (Å²) < 4.78 is 8.22. The first-order valence-corrected chi connectivity index (χ1v) is 7.20. The van der Waals surface area contributed by atoms with Gasteiger partial charge in [0.15, 0.2) is 0 Å². The molecule has 20 heavy (non-hydrogen) atoms. The summed E-state index contributed by atoms with van der Waals surface area (Å²) in [6.45, 7) is 8.52. The molecule has 0 fully saturated rings. The number of nitrogens with zero attached hydrogens (tertiary/aromatic N) is 4. The van der Waals surface area contributed by atoms with E-state index >= 15 is 0 Å². The standard InChI is InChI=1S/C12H24N4O2.O.Tc/c1-5-11(9(3)15-17)13-7-8-14-12(6-2)10(4)16-18;;/h11-12,17-18H,5-8H2,1-4H3;;/q-2;;+3/p-1/b15-9+,16-10+;;. The van der Waals surface area contributed by atoms with Gasteiger partial charge in [-0.2, -0.15) is 13.1 Å². The Bertz CT molecular complexity index is 272. The molecule has 0 saturated heterocycles. The topological polar surface area (TPSA) is 113 Å². The quantitative estimate of drug-likeness (QED) is 0.292. The molecule has 0 rings (SSSR count). The predicted octanol–water partition coefficient (Wildman–Crippen LogP) is 2.98. The van der Waals surface area contributed by atoms with Gasteiger partial charge in [0.2, 0.25) is 0 Å². The molecule has 0 radical (unpaired) electrons. The van der Waals surface area contributed by atoms with E-state index in [2.05, 4.69) is 20.9 Å². The molecule has 0 aliphatic rings. The molecular weight excluding hydrogens is 346 g/mol. The van der Waals surface area contributed by atoms with Crippen LogP contribution < -0.4 is 0 Å². The van der Waals surface area contributed by atoms with E-state index < -0.39 is 0 Å². The molecule has 0 saturated carbocycles. The molecule has 0 aromatic rings. The summed E-state index contributed by atoms with van der Waals surface area (Å²) in [5.74, 6) is 0. The first kappa shape index (κ1) is 21.6. The van der Waals surface area contributed by atoms with Crippen molar-refractivity contribution in [3.8, 4) is 0 Å². The summed E-state index contributed by atoms with van der Waals surface area (Å²) in [6, 6.07) is -0.162. The van der Waals surface area contributed by atoms with E-state index in [4.69, 9.17) is 8.71 Å². The number of oxime groups is 1. The van der Waals surface area contributed by atoms with Gasteiger partial charge >= 0.3 is 22.4 Å². The maximum atomic E-state index is 10.4. The molecule has 0 spiro atoms. The Morgan fingerprint density at radius 3 is 1.80 bits per heavy atom. The Balaban J connectivity index is 0. The zero-order chi connectivity index (χ0) is 16.0. The van der Waals surface area contributed by atoms with Crippen LogP contribution in [0.25, 0.3) is 10.6 Å². The predicted molar refractivity (Wildman–Crippen MR) is 76.7 cm³/mol. The van der Waals surface area contributed by atoms with E-state index in [0.717, 1.165) is 31.7 Å². The van der Waals surface area contributed by atoms with Crippen LogP contribution in [0.3, 0.4) is 0 Å². The molecule has 0 aliphatic carbocycles. The van der Waals surface area contributed by atoms with Gasteiger partial charge in [0, 0.05) is 5.71 Å². The molecule has 1 N–H and O–H groups in total. The summed E-state index contributed by atoms with van der Waals surface area (Å²) in [5.41, 5.74) is 1.12. The van der Waals surface area contributed by atoms with Crippen molar-refractivity contribution in [2.45, 2.75) is 52.6 Å². The van der Waals surface area contributed by atoms with Crippen molar-refractivity contribution in [2.24, 2.45) is 10.3 Å². The second-order valence-corrected chi connectivity index (χ2v) is 4.13. The first-order valence-electron chi connectivity index (χ1n) is 6.44. The average Bonchev–Trinajstić information content (AvgIpc) is 2.51. The van der Waals surface area contributed by atoms with Crippen molar-refractivity contribution in [2.75, 3.05) is 13.1 Å². The van der Waals surface area contributed by atoms with Crippen LogP contribution in [0.4, 0.5) is 0 Å². The molecule has 7 nitrogen and oxygen atoms in total. The van der Waals surface area contributed by atoms with Crippen LogP contribution in [0.15, 0.2) is 10.3 Å². The third-order valence-electron chi connectivity index (χ3n) is 2.84. The van der Waals surface area contributed by atoms with Crippen LogP contribution in [0.1, 0.15) is 40.5 Å². The molecule has 0 amide bonds. The van der Waals surface area contributed by atoms with Gasteiger partial charge in [0.05, 0.1) is 0 Å². The molecule has 2 atom stereocenters. The van der Waals surface area contributed by atoms with Crippen LogP contribution >= 0.6 is 0 Å². The zero-order valence-corrected chi connectivity index (χ0v) is 14.3. The Kier molecular flexibility index (Phi) is 15.9. The van der Waals surface area contributed by atoms with Crippen LogP contribution in [-0.2, 0) is 22.4 Å². The fourth-order valence-electron chi connectivity index (χ4n) is 1.67. The second kappa shape index (κ2) is 14.7. The number of hydrogen-bond acceptors (Lipinski definition) is 5. The van der Waals surface area contributed by atoms with Crippen LogP contribution in [0.5, 0.6) is 0 Å². The van der Waals surface area contributed by atoms with E-state index in [1.807, 2.05) is 13.8 Å². The monoisotopic (exact) mass is 368 g/mol. The van der Waals surface area contributed by atoms with E-state index in [1.165, 1.54) is 0 Å². The molecule has 0 aromatic heterocycles. The van der Waals surface area contributed by atoms with Crippen molar-refractivity contribution in [1.29, 1.82) is 0 Å². The summed E-state index contributed by atoms with van der Waals surface area (Å²) >= 11 is 0.900. The average molecular weight is 369 g/mol. The fraction of sp³-hybridized carbons (Fsp3) is 0.833. The van der Waals surface area contributed by atoms with E-state index in [0.29, 0.717) is 24.5 Å². The third-order valence-corrected chi connectivity index (χ3v) is 2.84. The molecule has 2 unspecified atom stereocenters. The van der Waals surface area contributed by atoms with Gasteiger partial charge < -0.3 is 26.2 Å². The Morgan fingerprint density at radius 1 is 1.10 bits per heavy atom. The zero-order valence-electron chi connectivity index (χ0n) is 12.4. The Morgan fingerprint density at radius 2 is 1.50 bits per heavy atom. The minimum atomic E-state index is -0.106. The van der Waals surface area contributed by atoms with Gasteiger partial charge in [0.1, 0.15) is 0 Å². The van der Waals surface area contributed by atoms with Crippen LogP contribution in [-0.4, -0.2) is 41.8 Å². The third kappa shape index (κ3) is 9.25. The molecule has 0 bridgehead atoms. The molecular formula is C12H23N4O3Tc. The molecule has 8 heteroatoms. The number of hydrogen-bond donors (Lipinski definition) is 1. The van der Waals surface area contributed by atoms with Crippen molar-refractivity contribution in [3.63, 3.8) is 0 Å². The second-order valence-electron chi connectivity index (χ2n) is 4.13. The molecule has 116 valence electrons. The van der Waals surface area contributed by atoms with E-state index in [9.17, 15) is 5.21 Å². The van der Waals surface area contributed by atoms with Crippen LogP contribution in [0.2, 0.25) is 0 Å². The van der Waals surface area contributed by atoms with Gasteiger partial charge in [-0.15, -0.1) is 5.16 Å². The normalized spacial score (nSPS) is 15.2. The van der Waals surface area contributed by atoms with Crippen molar-refractivity contribution in [1.82, 2.24) is 0 Å². The Labute approximate surface area is 131 Å². The van der Waals surface area contributed by atoms with Gasteiger partial charge in [-0.1, -0.05) is 38.8 Å². The van der Waals surface area contributed by atoms with Crippen LogP contribution in [0, 0.1) is 5.21 Å². The summed E-state index contributed by atoms with van der Waals surface area (Å²) in [6.07, 6.45) is 1.57. The Hall–Kier alpha value is -0.691. The molecule has 0 heterocycles. The van der Waals surface area contributed by atoms with Gasteiger partial charge in [-0.05, 0) is 19.6 Å². The maximum absolute atomic E-state index is 10.4. The van der Waals surface area contributed by atoms with Crippen molar-refractivity contribution >= 4 is 11.4 Å². The summed E-state index contributed by atoms with van der Waals surface area (Å²) in [7, 11) is 0. The van der Waals surface area contributed by atoms with Gasteiger partial charge in [0.25, 0.3) is 0 Å². The van der Waals surface area contributed by atoms with E-state index in [-0.39, 0.29) is 12.1 Å². The summed E-state index contributed by atoms with van der Waals surface area (Å²) in [5, 5.41) is 33.9. The van der Waals surface area contributed by atoms with Gasteiger partial charge in [-0.3, -0.25) is 0 Å². The molecule has 0 aromatic carbocycles. The van der Waals surface area contributed by atoms with Crippen molar-refractivity contribution < 1.29 is 27.6 Å². The minimum absolute atomic E-state index is 0.0560. The van der Waals surface area contributed by atoms with E-state index in [1.54, 1.807) is 13.8 Å². The van der Waals surface area contributed by atoms with Gasteiger partial charge in [-0.25, -0.2) is 0 Å². The number of rotatable bonds is 9. The fourth-order valence-corrected chi connectivity index (χ4v) is 1.67. The summed E-state index contributed by atoms with van der Waals surface area (Å²) in [4.78, 5) is 0. The SMILES string of the molecule is CCC([N-]CC[N-]C(CC)/C(C)=N/O)/C(C)=N/[O-].[O]=[Tc+3]. The van der Waals surface area contributed by atoms with Crippen molar-refractivity contribution in [3.05, 3.63) is 15.8 Å².